The fourth-order valence-corrected chi connectivity index (χ4v) is 2.86. The van der Waals surface area contributed by atoms with Crippen molar-refractivity contribution in [3.05, 3.63) is 77.9 Å². The Labute approximate surface area is 152 Å². The van der Waals surface area contributed by atoms with Crippen molar-refractivity contribution in [1.29, 1.82) is 0 Å². The number of amides is 2. The van der Waals surface area contributed by atoms with Crippen LogP contribution in [0, 0.1) is 6.92 Å². The minimum absolute atomic E-state index is 0.311. The zero-order valence-corrected chi connectivity index (χ0v) is 15.1. The zero-order chi connectivity index (χ0) is 18.5. The highest BCUT2D eigenvalue weighted by molar-refractivity contribution is 5.89. The third-order valence-corrected chi connectivity index (χ3v) is 4.12. The number of hydrogen-bond acceptors (Lipinski definition) is 3. The number of ether oxygens (including phenoxy) is 1. The van der Waals surface area contributed by atoms with Crippen LogP contribution in [0.3, 0.4) is 0 Å². The highest BCUT2D eigenvalue weighted by atomic mass is 16.5. The van der Waals surface area contributed by atoms with E-state index in [1.807, 2.05) is 73.3 Å². The van der Waals surface area contributed by atoms with Crippen molar-refractivity contribution in [3.8, 4) is 5.75 Å². The molecule has 2 aromatic carbocycles. The number of methoxy groups -OCH3 is 1. The topological polar surface area (TPSA) is 68.2 Å². The number of aromatic nitrogens is 2. The molecule has 0 aliphatic rings. The number of imidazole rings is 1. The van der Waals surface area contributed by atoms with Gasteiger partial charge < -0.3 is 19.9 Å². The molecular weight excluding hydrogens is 328 g/mol. The summed E-state index contributed by atoms with van der Waals surface area (Å²) in [5.41, 5.74) is 2.65. The van der Waals surface area contributed by atoms with Gasteiger partial charge >= 0.3 is 6.03 Å². The van der Waals surface area contributed by atoms with Crippen molar-refractivity contribution in [3.63, 3.8) is 0 Å². The van der Waals surface area contributed by atoms with Crippen LogP contribution >= 0.6 is 0 Å². The third kappa shape index (κ3) is 3.85. The predicted molar refractivity (Wildman–Crippen MR) is 101 cm³/mol. The first kappa shape index (κ1) is 17.5. The van der Waals surface area contributed by atoms with Gasteiger partial charge in [-0.15, -0.1) is 0 Å². The molecule has 1 heterocycles. The van der Waals surface area contributed by atoms with E-state index in [9.17, 15) is 4.79 Å². The quantitative estimate of drug-likeness (QED) is 0.738. The van der Waals surface area contributed by atoms with Crippen LogP contribution in [-0.4, -0.2) is 22.7 Å². The van der Waals surface area contributed by atoms with Gasteiger partial charge in [-0.25, -0.2) is 9.78 Å². The molecule has 0 fully saturated rings. The maximum Gasteiger partial charge on any atom is 0.320 e. The molecule has 6 nitrogen and oxygen atoms in total. The number of para-hydroxylation sites is 1. The molecule has 26 heavy (non-hydrogen) atoms. The van der Waals surface area contributed by atoms with E-state index in [1.165, 1.54) is 0 Å². The van der Waals surface area contributed by atoms with Gasteiger partial charge in [0.25, 0.3) is 0 Å². The van der Waals surface area contributed by atoms with E-state index in [-0.39, 0.29) is 6.03 Å². The van der Waals surface area contributed by atoms with E-state index in [2.05, 4.69) is 15.6 Å². The fourth-order valence-electron chi connectivity index (χ4n) is 2.86. The molecule has 6 heteroatoms. The number of rotatable bonds is 5. The third-order valence-electron chi connectivity index (χ3n) is 4.12. The van der Waals surface area contributed by atoms with Crippen LogP contribution in [0.5, 0.6) is 5.75 Å². The lowest BCUT2D eigenvalue weighted by atomic mass is 10.0. The number of urea groups is 1. The van der Waals surface area contributed by atoms with E-state index in [0.717, 1.165) is 16.8 Å². The van der Waals surface area contributed by atoms with Crippen molar-refractivity contribution in [1.82, 2.24) is 14.9 Å². The lowest BCUT2D eigenvalue weighted by Crippen LogP contribution is -2.34. The number of carbonyl (C=O) groups is 1. The second-order valence-corrected chi connectivity index (χ2v) is 6.04. The summed E-state index contributed by atoms with van der Waals surface area (Å²) in [5.74, 6) is 1.41. The van der Waals surface area contributed by atoms with Crippen molar-refractivity contribution >= 4 is 11.7 Å². The average Bonchev–Trinajstić information content (AvgIpc) is 3.05. The van der Waals surface area contributed by atoms with E-state index < -0.39 is 6.04 Å². The van der Waals surface area contributed by atoms with Gasteiger partial charge in [0.05, 0.1) is 7.11 Å². The van der Waals surface area contributed by atoms with Gasteiger partial charge in [0.2, 0.25) is 0 Å². The lowest BCUT2D eigenvalue weighted by Gasteiger charge is -2.21. The maximum atomic E-state index is 12.6. The first-order chi connectivity index (χ1) is 12.6. The van der Waals surface area contributed by atoms with Crippen LogP contribution in [0.25, 0.3) is 0 Å². The van der Waals surface area contributed by atoms with Crippen LogP contribution in [-0.2, 0) is 7.05 Å². The van der Waals surface area contributed by atoms with E-state index in [1.54, 1.807) is 13.3 Å². The molecule has 0 bridgehead atoms. The lowest BCUT2D eigenvalue weighted by molar-refractivity contribution is 0.249. The number of aryl methyl sites for hydroxylation is 2. The molecule has 1 atom stereocenters. The van der Waals surface area contributed by atoms with E-state index in [4.69, 9.17) is 4.74 Å². The summed E-state index contributed by atoms with van der Waals surface area (Å²) in [6, 6.07) is 14.5. The molecule has 1 unspecified atom stereocenters. The van der Waals surface area contributed by atoms with Crippen molar-refractivity contribution in [2.45, 2.75) is 13.0 Å². The Morgan fingerprint density at radius 3 is 2.69 bits per heavy atom. The van der Waals surface area contributed by atoms with Gasteiger partial charge in [-0.3, -0.25) is 0 Å². The molecule has 134 valence electrons. The predicted octanol–water partition coefficient (Wildman–Crippen LogP) is 3.65. The van der Waals surface area contributed by atoms with Crippen molar-refractivity contribution < 1.29 is 9.53 Å². The van der Waals surface area contributed by atoms with Crippen molar-refractivity contribution in [2.24, 2.45) is 7.05 Å². The Morgan fingerprint density at radius 2 is 2.00 bits per heavy atom. The SMILES string of the molecule is COc1ccccc1C(NC(=O)Nc1cccc(C)c1)c1nccn1C. The number of carbonyl (C=O) groups excluding carboxylic acids is 1. The van der Waals surface area contributed by atoms with Crippen LogP contribution in [0.1, 0.15) is 23.0 Å². The zero-order valence-electron chi connectivity index (χ0n) is 15.1. The molecule has 0 saturated carbocycles. The molecule has 0 saturated heterocycles. The van der Waals surface area contributed by atoms with Crippen LogP contribution in [0.4, 0.5) is 10.5 Å². The second kappa shape index (κ2) is 7.74. The minimum atomic E-state index is -0.448. The van der Waals surface area contributed by atoms with Gasteiger partial charge in [0.1, 0.15) is 17.6 Å². The first-order valence-electron chi connectivity index (χ1n) is 8.33. The van der Waals surface area contributed by atoms with Gasteiger partial charge in [-0.05, 0) is 30.7 Å². The minimum Gasteiger partial charge on any atom is -0.496 e. The fraction of sp³-hybridized carbons (Fsp3) is 0.200. The summed E-state index contributed by atoms with van der Waals surface area (Å²) in [6.07, 6.45) is 3.55. The standard InChI is InChI=1S/C20H22N4O2/c1-14-7-6-8-15(13-14)22-20(25)23-18(19-21-11-12-24(19)2)16-9-4-5-10-17(16)26-3/h4-13,18H,1-3H3,(H2,22,23,25). The number of nitrogens with one attached hydrogen (secondary N) is 2. The molecule has 0 radical (unpaired) electrons. The molecule has 2 amide bonds. The summed E-state index contributed by atoms with van der Waals surface area (Å²) < 4.78 is 7.35. The number of anilines is 1. The smallest absolute Gasteiger partial charge is 0.320 e. The van der Waals surface area contributed by atoms with Crippen LogP contribution in [0.15, 0.2) is 60.9 Å². The largest absolute Gasteiger partial charge is 0.496 e. The summed E-state index contributed by atoms with van der Waals surface area (Å²) in [4.78, 5) is 17.0. The number of benzene rings is 2. The molecule has 0 spiro atoms. The van der Waals surface area contributed by atoms with Crippen LogP contribution < -0.4 is 15.4 Å². The molecule has 3 rings (SSSR count). The van der Waals surface area contributed by atoms with Gasteiger partial charge in [0.15, 0.2) is 0 Å². The monoisotopic (exact) mass is 350 g/mol. The summed E-state index contributed by atoms with van der Waals surface area (Å²) in [7, 11) is 3.51. The Kier molecular flexibility index (Phi) is 5.22. The van der Waals surface area contributed by atoms with Gasteiger partial charge in [-0.1, -0.05) is 30.3 Å². The van der Waals surface area contributed by atoms with Gasteiger partial charge in [-0.2, -0.15) is 0 Å². The molecule has 1 aromatic heterocycles. The highest BCUT2D eigenvalue weighted by Crippen LogP contribution is 2.29. The molecule has 0 aliphatic heterocycles. The molecule has 0 aliphatic carbocycles. The second-order valence-electron chi connectivity index (χ2n) is 6.04. The summed E-state index contributed by atoms with van der Waals surface area (Å²) >= 11 is 0. The average molecular weight is 350 g/mol. The Balaban J connectivity index is 1.89. The molecule has 3 aromatic rings. The molecule has 2 N–H and O–H groups in total. The highest BCUT2D eigenvalue weighted by Gasteiger charge is 2.23. The maximum absolute atomic E-state index is 12.6. The van der Waals surface area contributed by atoms with E-state index >= 15 is 0 Å². The summed E-state index contributed by atoms with van der Waals surface area (Å²) in [5, 5.41) is 5.88. The van der Waals surface area contributed by atoms with Crippen molar-refractivity contribution in [2.75, 3.05) is 12.4 Å². The van der Waals surface area contributed by atoms with E-state index in [0.29, 0.717) is 11.6 Å². The van der Waals surface area contributed by atoms with Crippen LogP contribution in [0.2, 0.25) is 0 Å². The van der Waals surface area contributed by atoms with Gasteiger partial charge in [0, 0.05) is 30.7 Å². The first-order valence-corrected chi connectivity index (χ1v) is 8.33. The number of hydrogen-bond donors (Lipinski definition) is 2. The number of nitrogens with zero attached hydrogens (tertiary/aromatic N) is 2. The molecular formula is C20H22N4O2. The summed E-state index contributed by atoms with van der Waals surface area (Å²) in [6.45, 7) is 1.98. The Bertz CT molecular complexity index is 904. The normalized spacial score (nSPS) is 11.7. The Morgan fingerprint density at radius 1 is 1.19 bits per heavy atom. The Hall–Kier alpha value is -3.28.